The zero-order valence-corrected chi connectivity index (χ0v) is 14.2. The van der Waals surface area contributed by atoms with Crippen molar-refractivity contribution >= 4 is 21.6 Å². The van der Waals surface area contributed by atoms with Crippen molar-refractivity contribution < 1.29 is 8.42 Å². The molecule has 0 spiro atoms. The van der Waals surface area contributed by atoms with Crippen molar-refractivity contribution in [2.45, 2.75) is 37.1 Å². The second-order valence-corrected chi connectivity index (χ2v) is 7.68. The summed E-state index contributed by atoms with van der Waals surface area (Å²) in [6.45, 7) is 7.04. The molecule has 0 aliphatic carbocycles. The van der Waals surface area contributed by atoms with Crippen LogP contribution in [0.2, 0.25) is 0 Å². The molecule has 1 saturated heterocycles. The van der Waals surface area contributed by atoms with Crippen molar-refractivity contribution in [3.05, 3.63) is 29.8 Å². The number of alkyl halides is 1. The first-order chi connectivity index (χ1) is 9.98. The Morgan fingerprint density at radius 2 is 1.90 bits per heavy atom. The van der Waals surface area contributed by atoms with E-state index in [1.54, 1.807) is 22.5 Å². The van der Waals surface area contributed by atoms with E-state index in [0.717, 1.165) is 25.1 Å². The molecule has 0 aromatic heterocycles. The molecule has 0 radical (unpaired) electrons. The van der Waals surface area contributed by atoms with E-state index in [-0.39, 0.29) is 0 Å². The Morgan fingerprint density at radius 3 is 2.48 bits per heavy atom. The average Bonchev–Trinajstić information content (AvgIpc) is 2.54. The summed E-state index contributed by atoms with van der Waals surface area (Å²) in [6.07, 6.45) is 1.09. The van der Waals surface area contributed by atoms with Gasteiger partial charge in [-0.2, -0.15) is 4.31 Å². The first-order valence-corrected chi connectivity index (χ1v) is 9.35. The van der Waals surface area contributed by atoms with Gasteiger partial charge in [0, 0.05) is 38.1 Å². The lowest BCUT2D eigenvalue weighted by atomic mass is 10.2. The number of hydrogen-bond acceptors (Lipinski definition) is 3. The molecule has 1 unspecified atom stereocenters. The van der Waals surface area contributed by atoms with Crippen LogP contribution in [0.4, 0.5) is 0 Å². The number of halogens is 1. The molecule has 1 heterocycles. The van der Waals surface area contributed by atoms with Crippen molar-refractivity contribution in [2.75, 3.05) is 26.2 Å². The van der Waals surface area contributed by atoms with Gasteiger partial charge in [-0.05, 0) is 31.0 Å². The van der Waals surface area contributed by atoms with Crippen LogP contribution in [-0.2, 0) is 15.9 Å². The number of sulfonamides is 1. The van der Waals surface area contributed by atoms with Gasteiger partial charge in [-0.25, -0.2) is 8.42 Å². The molecule has 6 heteroatoms. The number of nitrogens with zero attached hydrogens (tertiary/aromatic N) is 2. The molecule has 1 fully saturated rings. The van der Waals surface area contributed by atoms with E-state index < -0.39 is 10.0 Å². The van der Waals surface area contributed by atoms with Gasteiger partial charge in [0.2, 0.25) is 10.0 Å². The van der Waals surface area contributed by atoms with Gasteiger partial charge in [0.25, 0.3) is 0 Å². The largest absolute Gasteiger partial charge is 0.298 e. The van der Waals surface area contributed by atoms with E-state index in [1.165, 1.54) is 0 Å². The van der Waals surface area contributed by atoms with Crippen LogP contribution >= 0.6 is 11.6 Å². The van der Waals surface area contributed by atoms with Crippen LogP contribution in [-0.4, -0.2) is 49.8 Å². The highest BCUT2D eigenvalue weighted by atomic mass is 35.5. The van der Waals surface area contributed by atoms with Gasteiger partial charge >= 0.3 is 0 Å². The second kappa shape index (κ2) is 7.09. The molecule has 1 aliphatic rings. The zero-order chi connectivity index (χ0) is 15.5. The Bertz CT molecular complexity index is 569. The van der Waals surface area contributed by atoms with Gasteiger partial charge in [-0.3, -0.25) is 4.90 Å². The summed E-state index contributed by atoms with van der Waals surface area (Å²) < 4.78 is 26.9. The summed E-state index contributed by atoms with van der Waals surface area (Å²) in [7, 11) is -3.40. The monoisotopic (exact) mass is 330 g/mol. The quantitative estimate of drug-likeness (QED) is 0.779. The molecule has 118 valence electrons. The van der Waals surface area contributed by atoms with Gasteiger partial charge in [-0.1, -0.05) is 19.1 Å². The molecule has 1 aromatic rings. The highest BCUT2D eigenvalue weighted by molar-refractivity contribution is 7.89. The smallest absolute Gasteiger partial charge is 0.243 e. The number of rotatable bonds is 5. The van der Waals surface area contributed by atoms with Crippen molar-refractivity contribution in [1.29, 1.82) is 0 Å². The summed E-state index contributed by atoms with van der Waals surface area (Å²) >= 11 is 5.79. The maximum atomic E-state index is 12.7. The Morgan fingerprint density at radius 1 is 1.24 bits per heavy atom. The fraction of sp³-hybridized carbons (Fsp3) is 0.600. The molecule has 4 nitrogen and oxygen atoms in total. The molecule has 0 N–H and O–H groups in total. The Hall–Kier alpha value is -0.620. The maximum Gasteiger partial charge on any atom is 0.243 e. The molecular weight excluding hydrogens is 308 g/mol. The van der Waals surface area contributed by atoms with Gasteiger partial charge in [-0.15, -0.1) is 11.6 Å². The third-order valence-corrected chi connectivity index (χ3v) is 6.38. The summed E-state index contributed by atoms with van der Waals surface area (Å²) in [5, 5.41) is 0. The zero-order valence-electron chi connectivity index (χ0n) is 12.6. The summed E-state index contributed by atoms with van der Waals surface area (Å²) in [5.74, 6) is 0.325. The predicted molar refractivity (Wildman–Crippen MR) is 86.1 cm³/mol. The van der Waals surface area contributed by atoms with E-state index in [4.69, 9.17) is 11.6 Å². The van der Waals surface area contributed by atoms with E-state index >= 15 is 0 Å². The molecular formula is C15H23ClN2O2S. The SMILES string of the molecule is CCC(C)N1CCN(S(=O)(=O)c2cccc(CCl)c2)CC1. The van der Waals surface area contributed by atoms with Crippen LogP contribution in [0.25, 0.3) is 0 Å². The third kappa shape index (κ3) is 3.77. The van der Waals surface area contributed by atoms with Crippen LogP contribution in [0.1, 0.15) is 25.8 Å². The van der Waals surface area contributed by atoms with Gasteiger partial charge in [0.1, 0.15) is 0 Å². The van der Waals surface area contributed by atoms with Crippen LogP contribution in [0.15, 0.2) is 29.2 Å². The molecule has 1 aromatic carbocycles. The minimum atomic E-state index is -3.40. The van der Waals surface area contributed by atoms with Crippen LogP contribution in [0.5, 0.6) is 0 Å². The molecule has 0 bridgehead atoms. The van der Waals surface area contributed by atoms with E-state index in [2.05, 4.69) is 18.7 Å². The lowest BCUT2D eigenvalue weighted by Gasteiger charge is -2.37. The lowest BCUT2D eigenvalue weighted by molar-refractivity contribution is 0.142. The normalized spacial score (nSPS) is 19.6. The second-order valence-electron chi connectivity index (χ2n) is 5.48. The Kier molecular flexibility index (Phi) is 5.66. The van der Waals surface area contributed by atoms with Crippen molar-refractivity contribution in [3.63, 3.8) is 0 Å². The lowest BCUT2D eigenvalue weighted by Crippen LogP contribution is -2.51. The first-order valence-electron chi connectivity index (χ1n) is 7.38. The number of benzene rings is 1. The van der Waals surface area contributed by atoms with Gasteiger partial charge in [0.05, 0.1) is 4.90 Å². The van der Waals surface area contributed by atoms with Crippen molar-refractivity contribution in [1.82, 2.24) is 9.21 Å². The average molecular weight is 331 g/mol. The maximum absolute atomic E-state index is 12.7. The summed E-state index contributed by atoms with van der Waals surface area (Å²) in [5.41, 5.74) is 0.830. The van der Waals surface area contributed by atoms with Crippen molar-refractivity contribution in [2.24, 2.45) is 0 Å². The Labute approximate surface area is 132 Å². The fourth-order valence-corrected chi connectivity index (χ4v) is 4.24. The predicted octanol–water partition coefficient (Wildman–Crippen LogP) is 2.53. The topological polar surface area (TPSA) is 40.6 Å². The third-order valence-electron chi connectivity index (χ3n) is 4.18. The number of piperazine rings is 1. The highest BCUT2D eigenvalue weighted by Crippen LogP contribution is 2.20. The highest BCUT2D eigenvalue weighted by Gasteiger charge is 2.29. The van der Waals surface area contributed by atoms with Crippen LogP contribution in [0, 0.1) is 0 Å². The van der Waals surface area contributed by atoms with Gasteiger partial charge < -0.3 is 0 Å². The summed E-state index contributed by atoms with van der Waals surface area (Å²) in [6, 6.07) is 7.41. The minimum absolute atomic E-state index is 0.325. The molecule has 21 heavy (non-hydrogen) atoms. The standard InChI is InChI=1S/C15H23ClN2O2S/c1-3-13(2)17-7-9-18(10-8-17)21(19,20)15-6-4-5-14(11-15)12-16/h4-6,11,13H,3,7-10,12H2,1-2H3. The molecule has 2 rings (SSSR count). The van der Waals surface area contributed by atoms with Gasteiger partial charge in [0.15, 0.2) is 0 Å². The molecule has 1 atom stereocenters. The van der Waals surface area contributed by atoms with Crippen molar-refractivity contribution in [3.8, 4) is 0 Å². The minimum Gasteiger partial charge on any atom is -0.298 e. The van der Waals surface area contributed by atoms with E-state index in [0.29, 0.717) is 29.9 Å². The number of hydrogen-bond donors (Lipinski definition) is 0. The van der Waals surface area contributed by atoms with E-state index in [1.807, 2.05) is 6.07 Å². The molecule has 1 aliphatic heterocycles. The molecule has 0 saturated carbocycles. The van der Waals surface area contributed by atoms with Crippen LogP contribution in [0.3, 0.4) is 0 Å². The fourth-order valence-electron chi connectivity index (χ4n) is 2.58. The first kappa shape index (κ1) is 16.7. The Balaban J connectivity index is 2.11. The van der Waals surface area contributed by atoms with Crippen LogP contribution < -0.4 is 0 Å². The summed E-state index contributed by atoms with van der Waals surface area (Å²) in [4.78, 5) is 2.69. The van der Waals surface area contributed by atoms with E-state index in [9.17, 15) is 8.42 Å². The molecule has 0 amide bonds.